The van der Waals surface area contributed by atoms with Gasteiger partial charge in [0.2, 0.25) is 5.88 Å². The monoisotopic (exact) mass is 324 g/mol. The molecule has 0 bridgehead atoms. The standard InChI is InChI=1S/C15H14Cl2N2O2/c16-10-7-3-6-9(12(10)17)13-18-14(20)11(15(21)19-13)8-4-1-2-5-8/h3,6-8H,1-2,4-5H2,(H2,18,19,20,21). The van der Waals surface area contributed by atoms with Crippen molar-refractivity contribution in [3.8, 4) is 17.3 Å². The van der Waals surface area contributed by atoms with Crippen molar-refractivity contribution in [2.24, 2.45) is 0 Å². The fourth-order valence-corrected chi connectivity index (χ4v) is 3.26. The Hall–Kier alpha value is -1.52. The van der Waals surface area contributed by atoms with Crippen LogP contribution in [0.2, 0.25) is 10.0 Å². The van der Waals surface area contributed by atoms with Gasteiger partial charge in [0.05, 0.1) is 15.6 Å². The molecule has 0 amide bonds. The van der Waals surface area contributed by atoms with Gasteiger partial charge >= 0.3 is 0 Å². The van der Waals surface area contributed by atoms with Crippen LogP contribution in [0.15, 0.2) is 23.0 Å². The highest BCUT2D eigenvalue weighted by molar-refractivity contribution is 6.43. The molecule has 110 valence electrons. The SMILES string of the molecule is O=c1[nH]c(-c2cccc(Cl)c2Cl)nc(O)c1C1CCCC1. The zero-order chi connectivity index (χ0) is 15.0. The van der Waals surface area contributed by atoms with Crippen LogP contribution in [0.4, 0.5) is 0 Å². The Kier molecular flexibility index (Phi) is 3.91. The van der Waals surface area contributed by atoms with Gasteiger partial charge in [0.25, 0.3) is 5.56 Å². The van der Waals surface area contributed by atoms with E-state index in [0.29, 0.717) is 21.2 Å². The Bertz CT molecular complexity index is 737. The van der Waals surface area contributed by atoms with Gasteiger partial charge < -0.3 is 10.1 Å². The number of benzene rings is 1. The molecule has 0 unspecified atom stereocenters. The third-order valence-corrected chi connectivity index (χ3v) is 4.72. The van der Waals surface area contributed by atoms with Crippen LogP contribution in [0.1, 0.15) is 37.2 Å². The van der Waals surface area contributed by atoms with Crippen LogP contribution in [-0.2, 0) is 0 Å². The molecule has 1 fully saturated rings. The predicted molar refractivity (Wildman–Crippen MR) is 83.2 cm³/mol. The second-order valence-corrected chi connectivity index (χ2v) is 6.02. The molecule has 1 heterocycles. The number of nitrogens with zero attached hydrogens (tertiary/aromatic N) is 1. The Balaban J connectivity index is 2.10. The Morgan fingerprint density at radius 2 is 1.95 bits per heavy atom. The molecule has 0 spiro atoms. The van der Waals surface area contributed by atoms with Gasteiger partial charge in [-0.05, 0) is 30.9 Å². The molecule has 0 radical (unpaired) electrons. The second-order valence-electron chi connectivity index (χ2n) is 5.23. The summed E-state index contributed by atoms with van der Waals surface area (Å²) in [5, 5.41) is 10.8. The zero-order valence-electron chi connectivity index (χ0n) is 11.2. The van der Waals surface area contributed by atoms with Gasteiger partial charge in [0.15, 0.2) is 0 Å². The normalized spacial score (nSPS) is 15.5. The average molecular weight is 325 g/mol. The summed E-state index contributed by atoms with van der Waals surface area (Å²) in [6.45, 7) is 0. The van der Waals surface area contributed by atoms with Crippen molar-refractivity contribution in [2.45, 2.75) is 31.6 Å². The number of aromatic amines is 1. The number of hydrogen-bond acceptors (Lipinski definition) is 3. The minimum absolute atomic E-state index is 0.0881. The molecular formula is C15H14Cl2N2O2. The molecule has 0 aliphatic heterocycles. The van der Waals surface area contributed by atoms with E-state index in [1.54, 1.807) is 18.2 Å². The first-order valence-electron chi connectivity index (χ1n) is 6.85. The zero-order valence-corrected chi connectivity index (χ0v) is 12.7. The quantitative estimate of drug-likeness (QED) is 0.873. The maximum Gasteiger partial charge on any atom is 0.258 e. The largest absolute Gasteiger partial charge is 0.493 e. The first-order valence-corrected chi connectivity index (χ1v) is 7.61. The highest BCUT2D eigenvalue weighted by atomic mass is 35.5. The van der Waals surface area contributed by atoms with Crippen molar-refractivity contribution in [3.63, 3.8) is 0 Å². The van der Waals surface area contributed by atoms with Crippen LogP contribution < -0.4 is 5.56 Å². The van der Waals surface area contributed by atoms with Crippen molar-refractivity contribution < 1.29 is 5.11 Å². The molecule has 1 aromatic carbocycles. The summed E-state index contributed by atoms with van der Waals surface area (Å²) in [5.74, 6) is 0.105. The maximum absolute atomic E-state index is 12.3. The lowest BCUT2D eigenvalue weighted by Gasteiger charge is -2.12. The molecule has 1 aliphatic rings. The summed E-state index contributed by atoms with van der Waals surface area (Å²) in [7, 11) is 0. The number of aromatic nitrogens is 2. The molecule has 0 atom stereocenters. The maximum atomic E-state index is 12.3. The molecule has 21 heavy (non-hydrogen) atoms. The molecule has 2 aromatic rings. The van der Waals surface area contributed by atoms with E-state index in [0.717, 1.165) is 25.7 Å². The number of nitrogens with one attached hydrogen (secondary N) is 1. The fourth-order valence-electron chi connectivity index (χ4n) is 2.87. The predicted octanol–water partition coefficient (Wildman–Crippen LogP) is 4.11. The Morgan fingerprint density at radius 3 is 2.62 bits per heavy atom. The highest BCUT2D eigenvalue weighted by Crippen LogP contribution is 2.37. The third-order valence-electron chi connectivity index (χ3n) is 3.91. The van der Waals surface area contributed by atoms with Crippen molar-refractivity contribution in [1.82, 2.24) is 9.97 Å². The van der Waals surface area contributed by atoms with E-state index >= 15 is 0 Å². The number of H-pyrrole nitrogens is 1. The molecule has 4 nitrogen and oxygen atoms in total. The first kappa shape index (κ1) is 14.4. The van der Waals surface area contributed by atoms with Gasteiger partial charge in [-0.1, -0.05) is 42.1 Å². The van der Waals surface area contributed by atoms with E-state index in [1.807, 2.05) is 0 Å². The molecule has 3 rings (SSSR count). The van der Waals surface area contributed by atoms with E-state index in [4.69, 9.17) is 23.2 Å². The molecule has 0 saturated heterocycles. The number of halogens is 2. The summed E-state index contributed by atoms with van der Waals surface area (Å²) in [6, 6.07) is 5.06. The highest BCUT2D eigenvalue weighted by Gasteiger charge is 2.25. The van der Waals surface area contributed by atoms with Crippen molar-refractivity contribution in [2.75, 3.05) is 0 Å². The molecule has 1 aromatic heterocycles. The smallest absolute Gasteiger partial charge is 0.258 e. The Morgan fingerprint density at radius 1 is 1.24 bits per heavy atom. The van der Waals surface area contributed by atoms with Crippen molar-refractivity contribution >= 4 is 23.2 Å². The van der Waals surface area contributed by atoms with Crippen molar-refractivity contribution in [1.29, 1.82) is 0 Å². The lowest BCUT2D eigenvalue weighted by molar-refractivity contribution is 0.436. The van der Waals surface area contributed by atoms with Gasteiger partial charge in [0.1, 0.15) is 5.82 Å². The van der Waals surface area contributed by atoms with E-state index in [2.05, 4.69) is 9.97 Å². The molecular weight excluding hydrogens is 311 g/mol. The van der Waals surface area contributed by atoms with Crippen LogP contribution >= 0.6 is 23.2 Å². The van der Waals surface area contributed by atoms with Crippen LogP contribution in [0, 0.1) is 0 Å². The van der Waals surface area contributed by atoms with E-state index in [-0.39, 0.29) is 23.2 Å². The molecule has 1 saturated carbocycles. The van der Waals surface area contributed by atoms with Crippen LogP contribution in [0.5, 0.6) is 5.88 Å². The van der Waals surface area contributed by atoms with Crippen molar-refractivity contribution in [3.05, 3.63) is 44.2 Å². The van der Waals surface area contributed by atoms with Crippen LogP contribution in [-0.4, -0.2) is 15.1 Å². The summed E-state index contributed by atoms with van der Waals surface area (Å²) in [4.78, 5) is 19.1. The summed E-state index contributed by atoms with van der Waals surface area (Å²) >= 11 is 12.1. The number of rotatable bonds is 2. The summed E-state index contributed by atoms with van der Waals surface area (Å²) < 4.78 is 0. The summed E-state index contributed by atoms with van der Waals surface area (Å²) in [5.41, 5.74) is 0.574. The van der Waals surface area contributed by atoms with E-state index < -0.39 is 0 Å². The van der Waals surface area contributed by atoms with Crippen LogP contribution in [0.25, 0.3) is 11.4 Å². The lowest BCUT2D eigenvalue weighted by atomic mass is 10.00. The van der Waals surface area contributed by atoms with E-state index in [1.165, 1.54) is 0 Å². The molecule has 1 aliphatic carbocycles. The number of hydrogen-bond donors (Lipinski definition) is 2. The van der Waals surface area contributed by atoms with Crippen LogP contribution in [0.3, 0.4) is 0 Å². The van der Waals surface area contributed by atoms with Gasteiger partial charge in [0, 0.05) is 5.56 Å². The average Bonchev–Trinajstić information content (AvgIpc) is 2.95. The van der Waals surface area contributed by atoms with Gasteiger partial charge in [-0.2, -0.15) is 4.98 Å². The fraction of sp³-hybridized carbons (Fsp3) is 0.333. The van der Waals surface area contributed by atoms with Gasteiger partial charge in [-0.25, -0.2) is 0 Å². The lowest BCUT2D eigenvalue weighted by Crippen LogP contribution is -2.17. The molecule has 2 N–H and O–H groups in total. The van der Waals surface area contributed by atoms with Gasteiger partial charge in [-0.3, -0.25) is 4.79 Å². The van der Waals surface area contributed by atoms with Gasteiger partial charge in [-0.15, -0.1) is 0 Å². The number of aromatic hydroxyl groups is 1. The Labute approximate surface area is 131 Å². The first-order chi connectivity index (χ1) is 10.1. The third kappa shape index (κ3) is 2.65. The minimum Gasteiger partial charge on any atom is -0.493 e. The topological polar surface area (TPSA) is 66.0 Å². The minimum atomic E-state index is -0.305. The summed E-state index contributed by atoms with van der Waals surface area (Å²) in [6.07, 6.45) is 3.97. The van der Waals surface area contributed by atoms with E-state index in [9.17, 15) is 9.90 Å². The second kappa shape index (κ2) is 5.70. The molecule has 6 heteroatoms.